The van der Waals surface area contributed by atoms with Gasteiger partial charge in [0.2, 0.25) is 21.8 Å². The fourth-order valence-electron chi connectivity index (χ4n) is 2.26. The van der Waals surface area contributed by atoms with E-state index in [1.54, 1.807) is 17.0 Å². The highest BCUT2D eigenvalue weighted by Crippen LogP contribution is 2.20. The Morgan fingerprint density at radius 3 is 2.86 bits per heavy atom. The number of nitrogens with zero attached hydrogens (tertiary/aromatic N) is 1. The van der Waals surface area contributed by atoms with Crippen LogP contribution in [0.25, 0.3) is 0 Å². The van der Waals surface area contributed by atoms with Gasteiger partial charge in [0.25, 0.3) is 0 Å². The summed E-state index contributed by atoms with van der Waals surface area (Å²) in [7, 11) is -3.26. The summed E-state index contributed by atoms with van der Waals surface area (Å²) in [5.74, 6) is -0.0798. The highest BCUT2D eigenvalue weighted by molar-refractivity contribution is 7.88. The third-order valence-corrected chi connectivity index (χ3v) is 4.03. The Balaban J connectivity index is 1.76. The van der Waals surface area contributed by atoms with Crippen LogP contribution in [0.2, 0.25) is 0 Å². The SMILES string of the molecule is CS(=O)(=O)NCCNC(=O)[C@H]1CC(=O)N(Cc2ccco2)C1. The molecule has 2 heterocycles. The molecule has 1 saturated heterocycles. The maximum atomic E-state index is 12.0. The third kappa shape index (κ3) is 4.85. The second-order valence-corrected chi connectivity index (χ2v) is 7.05. The van der Waals surface area contributed by atoms with Gasteiger partial charge in [-0.15, -0.1) is 0 Å². The fraction of sp³-hybridized carbons (Fsp3) is 0.538. The van der Waals surface area contributed by atoms with Crippen LogP contribution in [0.3, 0.4) is 0 Å². The molecule has 2 rings (SSSR count). The molecular weight excluding hydrogens is 310 g/mol. The minimum atomic E-state index is -3.26. The minimum absolute atomic E-state index is 0.0918. The van der Waals surface area contributed by atoms with Gasteiger partial charge >= 0.3 is 0 Å². The molecule has 1 fully saturated rings. The molecule has 0 aromatic carbocycles. The van der Waals surface area contributed by atoms with Gasteiger partial charge < -0.3 is 14.6 Å². The number of hydrogen-bond donors (Lipinski definition) is 2. The Morgan fingerprint density at radius 1 is 1.45 bits per heavy atom. The normalized spacial score (nSPS) is 18.7. The molecule has 22 heavy (non-hydrogen) atoms. The summed E-state index contributed by atoms with van der Waals surface area (Å²) in [6.07, 6.45) is 2.75. The van der Waals surface area contributed by atoms with Crippen molar-refractivity contribution in [3.63, 3.8) is 0 Å². The Labute approximate surface area is 128 Å². The molecule has 1 aliphatic rings. The van der Waals surface area contributed by atoms with E-state index in [9.17, 15) is 18.0 Å². The van der Waals surface area contributed by atoms with E-state index >= 15 is 0 Å². The molecule has 0 unspecified atom stereocenters. The molecule has 2 amide bonds. The summed E-state index contributed by atoms with van der Waals surface area (Å²) in [6.45, 7) is 1.01. The van der Waals surface area contributed by atoms with Crippen molar-refractivity contribution in [2.24, 2.45) is 5.92 Å². The van der Waals surface area contributed by atoms with Crippen LogP contribution >= 0.6 is 0 Å². The molecule has 0 saturated carbocycles. The van der Waals surface area contributed by atoms with E-state index in [1.807, 2.05) is 0 Å². The number of amides is 2. The number of furan rings is 1. The van der Waals surface area contributed by atoms with Crippen molar-refractivity contribution < 1.29 is 22.4 Å². The number of nitrogens with one attached hydrogen (secondary N) is 2. The molecule has 1 aromatic rings. The lowest BCUT2D eigenvalue weighted by Gasteiger charge is -2.15. The molecule has 0 aliphatic carbocycles. The lowest BCUT2D eigenvalue weighted by Crippen LogP contribution is -2.38. The predicted molar refractivity (Wildman–Crippen MR) is 78.1 cm³/mol. The summed E-state index contributed by atoms with van der Waals surface area (Å²) in [4.78, 5) is 25.4. The summed E-state index contributed by atoms with van der Waals surface area (Å²) < 4.78 is 29.2. The van der Waals surface area contributed by atoms with Gasteiger partial charge in [-0.3, -0.25) is 9.59 Å². The van der Waals surface area contributed by atoms with Crippen LogP contribution in [0.4, 0.5) is 0 Å². The topological polar surface area (TPSA) is 109 Å². The van der Waals surface area contributed by atoms with Crippen LogP contribution < -0.4 is 10.0 Å². The fourth-order valence-corrected chi connectivity index (χ4v) is 2.73. The Kier molecular flexibility index (Phi) is 5.19. The molecular formula is C13H19N3O5S. The van der Waals surface area contributed by atoms with E-state index in [1.165, 1.54) is 6.26 Å². The van der Waals surface area contributed by atoms with Crippen LogP contribution in [0, 0.1) is 5.92 Å². The number of likely N-dealkylation sites (tertiary alicyclic amines) is 1. The summed E-state index contributed by atoms with van der Waals surface area (Å²) in [5.41, 5.74) is 0. The lowest BCUT2D eigenvalue weighted by molar-refractivity contribution is -0.129. The number of carbonyl (C=O) groups is 2. The first-order chi connectivity index (χ1) is 10.3. The second-order valence-electron chi connectivity index (χ2n) is 5.21. The van der Waals surface area contributed by atoms with Gasteiger partial charge in [0, 0.05) is 26.1 Å². The monoisotopic (exact) mass is 329 g/mol. The first-order valence-corrected chi connectivity index (χ1v) is 8.77. The third-order valence-electron chi connectivity index (χ3n) is 3.30. The largest absolute Gasteiger partial charge is 0.467 e. The summed E-state index contributed by atoms with van der Waals surface area (Å²) >= 11 is 0. The van der Waals surface area contributed by atoms with Crippen molar-refractivity contribution in [3.05, 3.63) is 24.2 Å². The molecule has 8 nitrogen and oxygen atoms in total. The predicted octanol–water partition coefficient (Wildman–Crippen LogP) is -0.706. The van der Waals surface area contributed by atoms with Crippen molar-refractivity contribution >= 4 is 21.8 Å². The van der Waals surface area contributed by atoms with E-state index in [-0.39, 0.29) is 31.3 Å². The number of rotatable bonds is 7. The number of hydrogen-bond acceptors (Lipinski definition) is 5. The van der Waals surface area contributed by atoms with Crippen LogP contribution in [-0.4, -0.2) is 51.0 Å². The Hall–Kier alpha value is -1.87. The smallest absolute Gasteiger partial charge is 0.225 e. The Bertz CT molecular complexity index is 626. The zero-order chi connectivity index (χ0) is 16.2. The summed E-state index contributed by atoms with van der Waals surface area (Å²) in [5, 5.41) is 2.63. The van der Waals surface area contributed by atoms with Gasteiger partial charge in [0.15, 0.2) is 0 Å². The lowest BCUT2D eigenvalue weighted by atomic mass is 10.1. The maximum absolute atomic E-state index is 12.0. The molecule has 0 spiro atoms. The van der Waals surface area contributed by atoms with E-state index in [0.717, 1.165) is 6.26 Å². The zero-order valence-corrected chi connectivity index (χ0v) is 13.1. The molecule has 1 aromatic heterocycles. The average molecular weight is 329 g/mol. The molecule has 1 atom stereocenters. The van der Waals surface area contributed by atoms with Gasteiger partial charge in [-0.05, 0) is 12.1 Å². The van der Waals surface area contributed by atoms with Crippen molar-refractivity contribution in [1.29, 1.82) is 0 Å². The summed E-state index contributed by atoms with van der Waals surface area (Å²) in [6, 6.07) is 3.52. The number of carbonyl (C=O) groups excluding carboxylic acids is 2. The molecule has 2 N–H and O–H groups in total. The van der Waals surface area contributed by atoms with Crippen molar-refractivity contribution in [3.8, 4) is 0 Å². The van der Waals surface area contributed by atoms with Crippen LogP contribution in [0.1, 0.15) is 12.2 Å². The zero-order valence-electron chi connectivity index (χ0n) is 12.2. The molecule has 0 radical (unpaired) electrons. The highest BCUT2D eigenvalue weighted by Gasteiger charge is 2.34. The first-order valence-electron chi connectivity index (χ1n) is 6.87. The van der Waals surface area contributed by atoms with Crippen LogP contribution in [-0.2, 0) is 26.2 Å². The van der Waals surface area contributed by atoms with Crippen LogP contribution in [0.5, 0.6) is 0 Å². The first kappa shape index (κ1) is 16.5. The van der Waals surface area contributed by atoms with E-state index < -0.39 is 15.9 Å². The average Bonchev–Trinajstić information content (AvgIpc) is 3.05. The van der Waals surface area contributed by atoms with Crippen molar-refractivity contribution in [2.75, 3.05) is 25.9 Å². The van der Waals surface area contributed by atoms with Gasteiger partial charge in [-0.1, -0.05) is 0 Å². The quantitative estimate of drug-likeness (QED) is 0.643. The van der Waals surface area contributed by atoms with E-state index in [2.05, 4.69) is 10.0 Å². The van der Waals surface area contributed by atoms with Gasteiger partial charge in [0.1, 0.15) is 5.76 Å². The van der Waals surface area contributed by atoms with Crippen molar-refractivity contribution in [1.82, 2.24) is 14.9 Å². The van der Waals surface area contributed by atoms with Gasteiger partial charge in [-0.2, -0.15) is 0 Å². The van der Waals surface area contributed by atoms with Gasteiger partial charge in [-0.25, -0.2) is 13.1 Å². The van der Waals surface area contributed by atoms with Crippen molar-refractivity contribution in [2.45, 2.75) is 13.0 Å². The minimum Gasteiger partial charge on any atom is -0.467 e. The van der Waals surface area contributed by atoms with E-state index in [0.29, 0.717) is 18.8 Å². The number of sulfonamides is 1. The maximum Gasteiger partial charge on any atom is 0.225 e. The van der Waals surface area contributed by atoms with Gasteiger partial charge in [0.05, 0.1) is 25.0 Å². The molecule has 0 bridgehead atoms. The molecule has 1 aliphatic heterocycles. The molecule has 122 valence electrons. The van der Waals surface area contributed by atoms with E-state index in [4.69, 9.17) is 4.42 Å². The Morgan fingerprint density at radius 2 is 2.23 bits per heavy atom. The standard InChI is InChI=1S/C13H19N3O5S/c1-22(19,20)15-5-4-14-13(18)10-7-12(17)16(8-10)9-11-3-2-6-21-11/h2-3,6,10,15H,4-5,7-9H2,1H3,(H,14,18)/t10-/m0/s1. The molecule has 9 heteroatoms. The highest BCUT2D eigenvalue weighted by atomic mass is 32.2. The second kappa shape index (κ2) is 6.93. The van der Waals surface area contributed by atoms with Crippen LogP contribution in [0.15, 0.2) is 22.8 Å².